The molecule has 114 valence electrons. The first-order chi connectivity index (χ1) is 8.97. The van der Waals surface area contributed by atoms with Crippen LogP contribution in [0.3, 0.4) is 0 Å². The Morgan fingerprint density at radius 2 is 1.40 bits per heavy atom. The van der Waals surface area contributed by atoms with Crippen molar-refractivity contribution in [3.63, 3.8) is 0 Å². The maximum atomic E-state index is 13.2. The van der Waals surface area contributed by atoms with E-state index in [1.54, 1.807) is 30.3 Å². The second kappa shape index (κ2) is 6.07. The Labute approximate surface area is 124 Å². The fourth-order valence-electron chi connectivity index (χ4n) is 1.56. The SMILES string of the molecule is FC(F)(F)C(F)(F)C(F)(F)CC(I)Cc1ccccc1. The van der Waals surface area contributed by atoms with Crippen molar-refractivity contribution in [1.82, 2.24) is 0 Å². The third kappa shape index (κ3) is 3.98. The molecular formula is C12H10F7I. The van der Waals surface area contributed by atoms with Gasteiger partial charge in [0.25, 0.3) is 0 Å². The highest BCUT2D eigenvalue weighted by atomic mass is 127. The molecule has 1 atom stereocenters. The van der Waals surface area contributed by atoms with E-state index in [1.807, 2.05) is 0 Å². The lowest BCUT2D eigenvalue weighted by molar-refractivity contribution is -0.355. The molecule has 0 spiro atoms. The number of hydrogen-bond donors (Lipinski definition) is 0. The summed E-state index contributed by atoms with van der Waals surface area (Å²) in [6.07, 6.45) is -7.82. The number of hydrogen-bond acceptors (Lipinski definition) is 0. The van der Waals surface area contributed by atoms with E-state index in [9.17, 15) is 30.7 Å². The van der Waals surface area contributed by atoms with Crippen LogP contribution in [0.1, 0.15) is 12.0 Å². The second-order valence-electron chi connectivity index (χ2n) is 4.27. The van der Waals surface area contributed by atoms with Gasteiger partial charge >= 0.3 is 18.0 Å². The minimum Gasteiger partial charge on any atom is -0.199 e. The summed E-state index contributed by atoms with van der Waals surface area (Å²) in [5.74, 6) is -11.2. The number of benzene rings is 1. The predicted octanol–water partition coefficient (Wildman–Crippen LogP) is 5.26. The van der Waals surface area contributed by atoms with Crippen LogP contribution in [0.4, 0.5) is 30.7 Å². The average molecular weight is 414 g/mol. The molecule has 0 saturated heterocycles. The molecule has 0 heterocycles. The zero-order chi connectivity index (χ0) is 15.6. The Balaban J connectivity index is 2.76. The summed E-state index contributed by atoms with van der Waals surface area (Å²) in [6.45, 7) is 0. The number of alkyl halides is 8. The van der Waals surface area contributed by atoms with Crippen LogP contribution in [0.25, 0.3) is 0 Å². The van der Waals surface area contributed by atoms with Crippen LogP contribution in [0, 0.1) is 0 Å². The number of rotatable bonds is 5. The van der Waals surface area contributed by atoms with Crippen molar-refractivity contribution < 1.29 is 30.7 Å². The fraction of sp³-hybridized carbons (Fsp3) is 0.500. The molecule has 0 N–H and O–H groups in total. The molecule has 1 aromatic rings. The Morgan fingerprint density at radius 3 is 1.85 bits per heavy atom. The fourth-order valence-corrected chi connectivity index (χ4v) is 2.62. The Bertz CT molecular complexity index is 427. The monoisotopic (exact) mass is 414 g/mol. The van der Waals surface area contributed by atoms with Gasteiger partial charge in [-0.1, -0.05) is 52.9 Å². The summed E-state index contributed by atoms with van der Waals surface area (Å²) in [5.41, 5.74) is 0.595. The Morgan fingerprint density at radius 1 is 0.900 bits per heavy atom. The van der Waals surface area contributed by atoms with E-state index < -0.39 is 28.4 Å². The smallest absolute Gasteiger partial charge is 0.199 e. The minimum absolute atomic E-state index is 0.00900. The van der Waals surface area contributed by atoms with Crippen molar-refractivity contribution in [3.8, 4) is 0 Å². The van der Waals surface area contributed by atoms with E-state index in [4.69, 9.17) is 0 Å². The van der Waals surface area contributed by atoms with Crippen LogP contribution >= 0.6 is 22.6 Å². The van der Waals surface area contributed by atoms with Gasteiger partial charge in [-0.25, -0.2) is 0 Å². The van der Waals surface area contributed by atoms with Crippen LogP contribution in [-0.4, -0.2) is 21.9 Å². The van der Waals surface area contributed by atoms with Gasteiger partial charge in [0.1, 0.15) is 0 Å². The van der Waals surface area contributed by atoms with Gasteiger partial charge < -0.3 is 0 Å². The molecule has 8 heteroatoms. The van der Waals surface area contributed by atoms with Gasteiger partial charge in [0, 0.05) is 10.3 Å². The third-order valence-electron chi connectivity index (χ3n) is 2.59. The highest BCUT2D eigenvalue weighted by Crippen LogP contribution is 2.49. The number of halogens is 8. The molecule has 0 nitrogen and oxygen atoms in total. The Kier molecular flexibility index (Phi) is 5.31. The molecule has 1 rings (SSSR count). The summed E-state index contributed by atoms with van der Waals surface area (Å²) < 4.78 is 86.7. The first kappa shape index (κ1) is 17.5. The van der Waals surface area contributed by atoms with Crippen molar-refractivity contribution in [2.45, 2.75) is 34.8 Å². The van der Waals surface area contributed by atoms with E-state index in [0.717, 1.165) is 0 Å². The lowest BCUT2D eigenvalue weighted by Gasteiger charge is -2.29. The van der Waals surface area contributed by atoms with Crippen LogP contribution in [0.15, 0.2) is 30.3 Å². The molecule has 0 aliphatic rings. The summed E-state index contributed by atoms with van der Waals surface area (Å²) in [5, 5.41) is 0. The lowest BCUT2D eigenvalue weighted by Crippen LogP contribution is -2.52. The Hall–Kier alpha value is -0.540. The van der Waals surface area contributed by atoms with Gasteiger partial charge in [-0.3, -0.25) is 0 Å². The van der Waals surface area contributed by atoms with E-state index in [0.29, 0.717) is 5.56 Å². The summed E-state index contributed by atoms with van der Waals surface area (Å²) in [4.78, 5) is 0. The molecule has 0 aliphatic heterocycles. The van der Waals surface area contributed by atoms with Gasteiger partial charge in [0.15, 0.2) is 0 Å². The average Bonchev–Trinajstić information content (AvgIpc) is 2.27. The highest BCUT2D eigenvalue weighted by molar-refractivity contribution is 14.1. The molecule has 0 saturated carbocycles. The zero-order valence-electron chi connectivity index (χ0n) is 9.90. The molecule has 0 amide bonds. The predicted molar refractivity (Wildman–Crippen MR) is 68.5 cm³/mol. The normalized spacial score (nSPS) is 15.2. The molecule has 0 radical (unpaired) electrons. The van der Waals surface area contributed by atoms with Crippen molar-refractivity contribution in [3.05, 3.63) is 35.9 Å². The van der Waals surface area contributed by atoms with Gasteiger partial charge in [0.2, 0.25) is 0 Å². The molecular weight excluding hydrogens is 404 g/mol. The van der Waals surface area contributed by atoms with E-state index in [-0.39, 0.29) is 6.42 Å². The van der Waals surface area contributed by atoms with E-state index in [1.165, 1.54) is 22.6 Å². The van der Waals surface area contributed by atoms with Crippen LogP contribution in [0.5, 0.6) is 0 Å². The quantitative estimate of drug-likeness (QED) is 0.351. The van der Waals surface area contributed by atoms with Crippen molar-refractivity contribution >= 4 is 22.6 Å². The topological polar surface area (TPSA) is 0 Å². The van der Waals surface area contributed by atoms with Crippen molar-refractivity contribution in [1.29, 1.82) is 0 Å². The van der Waals surface area contributed by atoms with E-state index in [2.05, 4.69) is 0 Å². The molecule has 0 fully saturated rings. The maximum Gasteiger partial charge on any atom is 0.459 e. The van der Waals surface area contributed by atoms with Crippen LogP contribution < -0.4 is 0 Å². The van der Waals surface area contributed by atoms with Gasteiger partial charge in [-0.15, -0.1) is 0 Å². The highest BCUT2D eigenvalue weighted by Gasteiger charge is 2.72. The first-order valence-electron chi connectivity index (χ1n) is 5.48. The van der Waals surface area contributed by atoms with Crippen LogP contribution in [0.2, 0.25) is 0 Å². The summed E-state index contributed by atoms with van der Waals surface area (Å²) in [6, 6.07) is 8.11. The standard InChI is InChI=1S/C12H10F7I/c13-10(14,11(15,16)12(17,18)19)7-9(20)6-8-4-2-1-3-5-8/h1-5,9H,6-7H2. The van der Waals surface area contributed by atoms with E-state index >= 15 is 0 Å². The van der Waals surface area contributed by atoms with Gasteiger partial charge in [0.05, 0.1) is 0 Å². The molecule has 20 heavy (non-hydrogen) atoms. The molecule has 1 unspecified atom stereocenters. The minimum atomic E-state index is -6.26. The van der Waals surface area contributed by atoms with Crippen molar-refractivity contribution in [2.75, 3.05) is 0 Å². The van der Waals surface area contributed by atoms with Crippen molar-refractivity contribution in [2.24, 2.45) is 0 Å². The molecule has 0 aliphatic carbocycles. The molecule has 1 aromatic carbocycles. The van der Waals surface area contributed by atoms with Crippen LogP contribution in [-0.2, 0) is 6.42 Å². The van der Waals surface area contributed by atoms with Gasteiger partial charge in [-0.2, -0.15) is 30.7 Å². The summed E-state index contributed by atoms with van der Waals surface area (Å²) in [7, 11) is 0. The zero-order valence-corrected chi connectivity index (χ0v) is 12.1. The second-order valence-corrected chi connectivity index (χ2v) is 6.03. The first-order valence-corrected chi connectivity index (χ1v) is 6.72. The summed E-state index contributed by atoms with van der Waals surface area (Å²) >= 11 is 1.46. The largest absolute Gasteiger partial charge is 0.459 e. The third-order valence-corrected chi connectivity index (χ3v) is 3.47. The maximum absolute atomic E-state index is 13.2. The lowest BCUT2D eigenvalue weighted by atomic mass is 10.0. The van der Waals surface area contributed by atoms with Gasteiger partial charge in [-0.05, 0) is 12.0 Å². The molecule has 0 aromatic heterocycles. The molecule has 0 bridgehead atoms.